The van der Waals surface area contributed by atoms with Gasteiger partial charge in [0.15, 0.2) is 0 Å². The van der Waals surface area contributed by atoms with Crippen LogP contribution in [-0.2, 0) is 9.47 Å². The smallest absolute Gasteiger partial charge is 0.0619 e. The summed E-state index contributed by atoms with van der Waals surface area (Å²) < 4.78 is 11.2. The molecule has 0 spiro atoms. The summed E-state index contributed by atoms with van der Waals surface area (Å²) >= 11 is 0. The Morgan fingerprint density at radius 2 is 2.12 bits per heavy atom. The van der Waals surface area contributed by atoms with Crippen molar-refractivity contribution >= 4 is 0 Å². The first kappa shape index (κ1) is 13.9. The van der Waals surface area contributed by atoms with Crippen LogP contribution in [0, 0.1) is 5.92 Å². The first-order chi connectivity index (χ1) is 7.38. The van der Waals surface area contributed by atoms with Crippen LogP contribution in [0.2, 0.25) is 0 Å². The summed E-state index contributed by atoms with van der Waals surface area (Å²) in [6.45, 7) is 15.6. The van der Waals surface area contributed by atoms with Gasteiger partial charge in [0, 0.05) is 19.1 Å². The summed E-state index contributed by atoms with van der Waals surface area (Å²) in [7, 11) is 0. The molecule has 96 valence electrons. The summed E-state index contributed by atoms with van der Waals surface area (Å²) in [4.78, 5) is 2.50. The molecule has 1 heterocycles. The fourth-order valence-electron chi connectivity index (χ4n) is 1.88. The topological polar surface area (TPSA) is 21.7 Å². The second-order valence-electron chi connectivity index (χ2n) is 5.95. The first-order valence-electron chi connectivity index (χ1n) is 6.34. The number of morpholine rings is 1. The summed E-state index contributed by atoms with van der Waals surface area (Å²) in [5.74, 6) is 0.583. The van der Waals surface area contributed by atoms with Crippen LogP contribution in [-0.4, -0.2) is 49.5 Å². The second-order valence-corrected chi connectivity index (χ2v) is 5.95. The maximum atomic E-state index is 5.81. The van der Waals surface area contributed by atoms with E-state index in [1.165, 1.54) is 0 Å². The second kappa shape index (κ2) is 5.99. The minimum absolute atomic E-state index is 0.0229. The first-order valence-corrected chi connectivity index (χ1v) is 6.34. The van der Waals surface area contributed by atoms with Crippen molar-refractivity contribution in [2.75, 3.05) is 32.9 Å². The van der Waals surface area contributed by atoms with Crippen LogP contribution >= 0.6 is 0 Å². The average Bonchev–Trinajstić information content (AvgIpc) is 2.18. The van der Waals surface area contributed by atoms with E-state index in [1.807, 2.05) is 0 Å². The van der Waals surface area contributed by atoms with Crippen molar-refractivity contribution < 1.29 is 9.47 Å². The summed E-state index contributed by atoms with van der Waals surface area (Å²) in [5.41, 5.74) is -0.0229. The van der Waals surface area contributed by atoms with Crippen molar-refractivity contribution in [3.8, 4) is 0 Å². The van der Waals surface area contributed by atoms with Crippen LogP contribution in [0.3, 0.4) is 0 Å². The van der Waals surface area contributed by atoms with Gasteiger partial charge in [0.1, 0.15) is 0 Å². The third kappa shape index (κ3) is 5.28. The highest BCUT2D eigenvalue weighted by atomic mass is 16.5. The molecule has 1 saturated heterocycles. The number of hydrogen-bond acceptors (Lipinski definition) is 3. The Labute approximate surface area is 100 Å². The Morgan fingerprint density at radius 3 is 2.69 bits per heavy atom. The summed E-state index contributed by atoms with van der Waals surface area (Å²) in [5, 5.41) is 0. The molecule has 0 radical (unpaired) electrons. The molecule has 0 N–H and O–H groups in total. The standard InChI is InChI=1S/C13H27NO2/c1-11(9-16-13(3,4)5)8-14-6-7-15-10-12(14)2/h11-12H,6-10H2,1-5H3/t11-,12-/m1/s1. The predicted octanol–water partition coefficient (Wildman–Crippen LogP) is 2.16. The molecule has 3 nitrogen and oxygen atoms in total. The number of ether oxygens (including phenoxy) is 2. The average molecular weight is 229 g/mol. The largest absolute Gasteiger partial charge is 0.379 e. The van der Waals surface area contributed by atoms with Gasteiger partial charge < -0.3 is 9.47 Å². The summed E-state index contributed by atoms with van der Waals surface area (Å²) in [6.07, 6.45) is 0. The van der Waals surface area contributed by atoms with Gasteiger partial charge in [0.25, 0.3) is 0 Å². The summed E-state index contributed by atoms with van der Waals surface area (Å²) in [6, 6.07) is 0.547. The lowest BCUT2D eigenvalue weighted by Gasteiger charge is -2.35. The fourth-order valence-corrected chi connectivity index (χ4v) is 1.88. The van der Waals surface area contributed by atoms with Crippen LogP contribution in [0.25, 0.3) is 0 Å². The van der Waals surface area contributed by atoms with Gasteiger partial charge in [-0.3, -0.25) is 4.90 Å². The zero-order valence-electron chi connectivity index (χ0n) is 11.5. The maximum Gasteiger partial charge on any atom is 0.0619 e. The maximum absolute atomic E-state index is 5.81. The lowest BCUT2D eigenvalue weighted by molar-refractivity contribution is -0.0419. The highest BCUT2D eigenvalue weighted by molar-refractivity contribution is 4.73. The molecule has 1 aliphatic heterocycles. The van der Waals surface area contributed by atoms with Gasteiger partial charge in [-0.2, -0.15) is 0 Å². The van der Waals surface area contributed by atoms with Gasteiger partial charge >= 0.3 is 0 Å². The molecule has 2 atom stereocenters. The number of nitrogens with zero attached hydrogens (tertiary/aromatic N) is 1. The van der Waals surface area contributed by atoms with Crippen molar-refractivity contribution in [3.63, 3.8) is 0 Å². The Hall–Kier alpha value is -0.120. The highest BCUT2D eigenvalue weighted by Gasteiger charge is 2.21. The SMILES string of the molecule is C[C@@H](COC(C)(C)C)CN1CCOC[C@H]1C. The van der Waals surface area contributed by atoms with Crippen molar-refractivity contribution in [2.24, 2.45) is 5.92 Å². The molecule has 0 saturated carbocycles. The molecule has 0 amide bonds. The fraction of sp³-hybridized carbons (Fsp3) is 1.00. The predicted molar refractivity (Wildman–Crippen MR) is 66.7 cm³/mol. The van der Waals surface area contributed by atoms with Crippen molar-refractivity contribution in [2.45, 2.75) is 46.3 Å². The molecule has 0 aliphatic carbocycles. The Kier molecular flexibility index (Phi) is 5.22. The van der Waals surface area contributed by atoms with Crippen LogP contribution in [0.4, 0.5) is 0 Å². The Bertz CT molecular complexity index is 201. The monoisotopic (exact) mass is 229 g/mol. The molecule has 1 rings (SSSR count). The van der Waals surface area contributed by atoms with Crippen LogP contribution in [0.15, 0.2) is 0 Å². The van der Waals surface area contributed by atoms with Gasteiger partial charge in [-0.05, 0) is 33.6 Å². The lowest BCUT2D eigenvalue weighted by Crippen LogP contribution is -2.46. The van der Waals surface area contributed by atoms with Crippen molar-refractivity contribution in [1.29, 1.82) is 0 Å². The molecule has 1 fully saturated rings. The molecular formula is C13H27NO2. The Balaban J connectivity index is 2.24. The third-order valence-corrected chi connectivity index (χ3v) is 2.85. The van der Waals surface area contributed by atoms with E-state index in [4.69, 9.17) is 9.47 Å². The number of rotatable bonds is 4. The van der Waals surface area contributed by atoms with Gasteiger partial charge in [-0.1, -0.05) is 6.92 Å². The third-order valence-electron chi connectivity index (χ3n) is 2.85. The number of hydrogen-bond donors (Lipinski definition) is 0. The molecule has 0 bridgehead atoms. The highest BCUT2D eigenvalue weighted by Crippen LogP contribution is 2.13. The van der Waals surface area contributed by atoms with Crippen molar-refractivity contribution in [1.82, 2.24) is 4.90 Å². The quantitative estimate of drug-likeness (QED) is 0.737. The van der Waals surface area contributed by atoms with Crippen LogP contribution < -0.4 is 0 Å². The van der Waals surface area contributed by atoms with E-state index in [-0.39, 0.29) is 5.60 Å². The molecule has 0 aromatic carbocycles. The molecular weight excluding hydrogens is 202 g/mol. The minimum Gasteiger partial charge on any atom is -0.379 e. The molecule has 0 aromatic rings. The van der Waals surface area contributed by atoms with E-state index in [2.05, 4.69) is 39.5 Å². The molecule has 1 aliphatic rings. The van der Waals surface area contributed by atoms with Crippen molar-refractivity contribution in [3.05, 3.63) is 0 Å². The van der Waals surface area contributed by atoms with E-state index in [1.54, 1.807) is 0 Å². The van der Waals surface area contributed by atoms with Crippen LogP contribution in [0.5, 0.6) is 0 Å². The van der Waals surface area contributed by atoms with Gasteiger partial charge in [0.2, 0.25) is 0 Å². The zero-order chi connectivity index (χ0) is 12.2. The van der Waals surface area contributed by atoms with E-state index in [0.29, 0.717) is 12.0 Å². The van der Waals surface area contributed by atoms with Gasteiger partial charge in [-0.25, -0.2) is 0 Å². The normalized spacial score (nSPS) is 25.7. The molecule has 0 aromatic heterocycles. The van der Waals surface area contributed by atoms with E-state index in [9.17, 15) is 0 Å². The molecule has 0 unspecified atom stereocenters. The van der Waals surface area contributed by atoms with Gasteiger partial charge in [-0.15, -0.1) is 0 Å². The molecule has 3 heteroatoms. The van der Waals surface area contributed by atoms with Gasteiger partial charge in [0.05, 0.1) is 25.4 Å². The zero-order valence-corrected chi connectivity index (χ0v) is 11.5. The van der Waals surface area contributed by atoms with E-state index in [0.717, 1.165) is 32.9 Å². The van der Waals surface area contributed by atoms with Crippen LogP contribution in [0.1, 0.15) is 34.6 Å². The van der Waals surface area contributed by atoms with E-state index < -0.39 is 0 Å². The Morgan fingerprint density at radius 1 is 1.44 bits per heavy atom. The molecule has 16 heavy (non-hydrogen) atoms. The lowest BCUT2D eigenvalue weighted by atomic mass is 10.1. The minimum atomic E-state index is -0.0229. The van der Waals surface area contributed by atoms with E-state index >= 15 is 0 Å².